The Morgan fingerprint density at radius 2 is 2.04 bits per heavy atom. The molecule has 1 N–H and O–H groups in total. The van der Waals surface area contributed by atoms with Crippen LogP contribution >= 0.6 is 0 Å². The number of nitro benzene ring substituents is 1. The lowest BCUT2D eigenvalue weighted by Crippen LogP contribution is -2.19. The van der Waals surface area contributed by atoms with Crippen molar-refractivity contribution in [1.82, 2.24) is 0 Å². The van der Waals surface area contributed by atoms with E-state index in [1.54, 1.807) is 0 Å². The van der Waals surface area contributed by atoms with E-state index in [0.29, 0.717) is 5.90 Å². The maximum absolute atomic E-state index is 11.9. The Bertz CT molecular complexity index is 717. The van der Waals surface area contributed by atoms with Crippen LogP contribution in [0, 0.1) is 16.0 Å². The van der Waals surface area contributed by atoms with Crippen molar-refractivity contribution in [3.8, 4) is 5.75 Å². The van der Waals surface area contributed by atoms with Crippen LogP contribution in [0.15, 0.2) is 28.9 Å². The number of rotatable bonds is 3. The predicted molar refractivity (Wildman–Crippen MR) is 82.8 cm³/mol. The van der Waals surface area contributed by atoms with Gasteiger partial charge in [0.25, 0.3) is 0 Å². The molecule has 7 heteroatoms. The van der Waals surface area contributed by atoms with Crippen molar-refractivity contribution in [3.05, 3.63) is 39.6 Å². The molecule has 120 valence electrons. The van der Waals surface area contributed by atoms with Crippen LogP contribution in [0.3, 0.4) is 0 Å². The van der Waals surface area contributed by atoms with Gasteiger partial charge in [-0.15, -0.1) is 0 Å². The van der Waals surface area contributed by atoms with Gasteiger partial charge in [0.15, 0.2) is 5.70 Å². The van der Waals surface area contributed by atoms with E-state index in [4.69, 9.17) is 4.74 Å². The molecule has 0 aromatic heterocycles. The van der Waals surface area contributed by atoms with E-state index in [9.17, 15) is 20.0 Å². The minimum Gasteiger partial charge on any atom is -0.502 e. The molecule has 1 aromatic carbocycles. The first-order chi connectivity index (χ1) is 11.1. The number of para-hydroxylation sites is 1. The van der Waals surface area contributed by atoms with Crippen LogP contribution < -0.4 is 0 Å². The van der Waals surface area contributed by atoms with E-state index in [1.807, 2.05) is 0 Å². The highest BCUT2D eigenvalue weighted by atomic mass is 16.6. The number of aliphatic imine (C=N–C) groups is 1. The van der Waals surface area contributed by atoms with Gasteiger partial charge in [-0.25, -0.2) is 9.79 Å². The van der Waals surface area contributed by atoms with Gasteiger partial charge in [-0.2, -0.15) is 0 Å². The topological polar surface area (TPSA) is 102 Å². The van der Waals surface area contributed by atoms with Crippen molar-refractivity contribution >= 4 is 23.6 Å². The number of phenols is 1. The standard InChI is InChI=1S/C16H16N2O5/c19-14-11(7-4-8-13(14)18(21)22)9-12-16(20)23-15(17-12)10-5-2-1-3-6-10/h4,7-10,19H,1-3,5-6H2. The Balaban J connectivity index is 1.90. The average molecular weight is 316 g/mol. The molecule has 0 unspecified atom stereocenters. The molecule has 0 spiro atoms. The van der Waals surface area contributed by atoms with Crippen LogP contribution in [0.2, 0.25) is 0 Å². The third-order valence-electron chi connectivity index (χ3n) is 4.13. The molecule has 1 heterocycles. The summed E-state index contributed by atoms with van der Waals surface area (Å²) in [6.07, 6.45) is 6.57. The predicted octanol–water partition coefficient (Wildman–Crippen LogP) is 3.18. The van der Waals surface area contributed by atoms with Crippen LogP contribution in [0.1, 0.15) is 37.7 Å². The second-order valence-corrected chi connectivity index (χ2v) is 5.68. The van der Waals surface area contributed by atoms with E-state index < -0.39 is 22.3 Å². The van der Waals surface area contributed by atoms with Gasteiger partial charge in [-0.05, 0) is 18.9 Å². The molecule has 1 fully saturated rings. The van der Waals surface area contributed by atoms with Crippen LogP contribution in [0.5, 0.6) is 5.75 Å². The van der Waals surface area contributed by atoms with Crippen LogP contribution in [-0.4, -0.2) is 21.9 Å². The number of nitrogens with zero attached hydrogens (tertiary/aromatic N) is 2. The molecule has 1 aliphatic heterocycles. The van der Waals surface area contributed by atoms with Crippen molar-refractivity contribution in [3.63, 3.8) is 0 Å². The largest absolute Gasteiger partial charge is 0.502 e. The lowest BCUT2D eigenvalue weighted by atomic mass is 9.89. The van der Waals surface area contributed by atoms with Gasteiger partial charge < -0.3 is 9.84 Å². The normalized spacial score (nSPS) is 20.4. The Hall–Kier alpha value is -2.70. The highest BCUT2D eigenvalue weighted by Gasteiger charge is 2.30. The lowest BCUT2D eigenvalue weighted by molar-refractivity contribution is -0.385. The third-order valence-corrected chi connectivity index (χ3v) is 4.13. The first kappa shape index (κ1) is 15.2. The average Bonchev–Trinajstić information content (AvgIpc) is 2.91. The number of aromatic hydroxyl groups is 1. The Kier molecular flexibility index (Phi) is 4.10. The van der Waals surface area contributed by atoms with Crippen molar-refractivity contribution in [2.75, 3.05) is 0 Å². The fourth-order valence-corrected chi connectivity index (χ4v) is 2.91. The number of benzene rings is 1. The summed E-state index contributed by atoms with van der Waals surface area (Å²) in [5.41, 5.74) is -0.191. The van der Waals surface area contributed by atoms with Gasteiger partial charge >= 0.3 is 11.7 Å². The number of hydrogen-bond donors (Lipinski definition) is 1. The van der Waals surface area contributed by atoms with E-state index in [1.165, 1.54) is 30.7 Å². The smallest absolute Gasteiger partial charge is 0.363 e. The second kappa shape index (κ2) is 6.20. The fraction of sp³-hybridized carbons (Fsp3) is 0.375. The minimum atomic E-state index is -0.680. The molecule has 0 saturated heterocycles. The molecular formula is C16H16N2O5. The molecule has 2 aliphatic rings. The zero-order valence-electron chi connectivity index (χ0n) is 12.4. The number of esters is 1. The summed E-state index contributed by atoms with van der Waals surface area (Å²) in [7, 11) is 0. The summed E-state index contributed by atoms with van der Waals surface area (Å²) in [4.78, 5) is 26.3. The van der Waals surface area contributed by atoms with Crippen molar-refractivity contribution in [2.45, 2.75) is 32.1 Å². The number of phenolic OH excluding ortho intramolecular Hbond substituents is 1. The maximum Gasteiger partial charge on any atom is 0.363 e. The van der Waals surface area contributed by atoms with Gasteiger partial charge in [0.1, 0.15) is 0 Å². The van der Waals surface area contributed by atoms with Crippen LogP contribution in [0.25, 0.3) is 6.08 Å². The van der Waals surface area contributed by atoms with Gasteiger partial charge in [0.2, 0.25) is 11.6 Å². The first-order valence-corrected chi connectivity index (χ1v) is 7.55. The van der Waals surface area contributed by atoms with Gasteiger partial charge in [-0.3, -0.25) is 10.1 Å². The highest BCUT2D eigenvalue weighted by Crippen LogP contribution is 2.33. The zero-order chi connectivity index (χ0) is 16.4. The Morgan fingerprint density at radius 3 is 2.74 bits per heavy atom. The number of ether oxygens (including phenoxy) is 1. The van der Waals surface area contributed by atoms with E-state index in [0.717, 1.165) is 25.7 Å². The number of hydrogen-bond acceptors (Lipinski definition) is 6. The quantitative estimate of drug-likeness (QED) is 0.399. The van der Waals surface area contributed by atoms with E-state index in [-0.39, 0.29) is 17.2 Å². The Labute approximate surface area is 132 Å². The molecule has 3 rings (SSSR count). The van der Waals surface area contributed by atoms with Crippen LogP contribution in [-0.2, 0) is 9.53 Å². The SMILES string of the molecule is O=C1OC(C2CCCCC2)=NC1=Cc1cccc([N+](=O)[O-])c1O. The van der Waals surface area contributed by atoms with E-state index >= 15 is 0 Å². The van der Waals surface area contributed by atoms with Gasteiger partial charge in [-0.1, -0.05) is 31.4 Å². The first-order valence-electron chi connectivity index (χ1n) is 7.55. The van der Waals surface area contributed by atoms with Gasteiger partial charge in [0, 0.05) is 17.5 Å². The third kappa shape index (κ3) is 3.08. The molecule has 1 aromatic rings. The number of carbonyl (C=O) groups excluding carboxylic acids is 1. The maximum atomic E-state index is 11.9. The highest BCUT2D eigenvalue weighted by molar-refractivity contribution is 6.08. The molecule has 1 aliphatic carbocycles. The summed E-state index contributed by atoms with van der Waals surface area (Å²) in [6, 6.07) is 4.12. The number of nitro groups is 1. The minimum absolute atomic E-state index is 0.0568. The van der Waals surface area contributed by atoms with Gasteiger partial charge in [0.05, 0.1) is 4.92 Å². The Morgan fingerprint density at radius 1 is 1.30 bits per heavy atom. The summed E-state index contributed by atoms with van der Waals surface area (Å²) in [6.45, 7) is 0. The molecule has 7 nitrogen and oxygen atoms in total. The monoisotopic (exact) mass is 316 g/mol. The van der Waals surface area contributed by atoms with Crippen molar-refractivity contribution in [2.24, 2.45) is 10.9 Å². The number of cyclic esters (lactones) is 1. The lowest BCUT2D eigenvalue weighted by Gasteiger charge is -2.19. The molecule has 23 heavy (non-hydrogen) atoms. The number of carbonyl (C=O) groups is 1. The summed E-state index contributed by atoms with van der Waals surface area (Å²) in [5, 5.41) is 20.8. The van der Waals surface area contributed by atoms with E-state index in [2.05, 4.69) is 4.99 Å². The second-order valence-electron chi connectivity index (χ2n) is 5.68. The molecular weight excluding hydrogens is 300 g/mol. The molecule has 0 bridgehead atoms. The molecule has 0 atom stereocenters. The molecule has 1 saturated carbocycles. The van der Waals surface area contributed by atoms with Crippen molar-refractivity contribution < 1.29 is 19.6 Å². The molecule has 0 amide bonds. The summed E-state index contributed by atoms with van der Waals surface area (Å²) in [5.74, 6) is -0.501. The van der Waals surface area contributed by atoms with Crippen molar-refractivity contribution in [1.29, 1.82) is 0 Å². The van der Waals surface area contributed by atoms with Crippen LogP contribution in [0.4, 0.5) is 5.69 Å². The zero-order valence-corrected chi connectivity index (χ0v) is 12.4. The fourth-order valence-electron chi connectivity index (χ4n) is 2.91. The molecule has 0 radical (unpaired) electrons. The summed E-state index contributed by atoms with van der Waals surface area (Å²) < 4.78 is 5.23. The summed E-state index contributed by atoms with van der Waals surface area (Å²) >= 11 is 0.